The first-order valence-corrected chi connectivity index (χ1v) is 9.12. The molecule has 6 nitrogen and oxygen atoms in total. The zero-order valence-corrected chi connectivity index (χ0v) is 15.6. The number of carbonyl (C=O) groups is 1. The number of carbonyl (C=O) groups excluding carboxylic acids is 1. The minimum Gasteiger partial charge on any atom is -0.358 e. The lowest BCUT2D eigenvalue weighted by atomic mass is 10.1. The summed E-state index contributed by atoms with van der Waals surface area (Å²) in [5.74, 6) is -0.483. The van der Waals surface area contributed by atoms with Gasteiger partial charge in [-0.2, -0.15) is 0 Å². The van der Waals surface area contributed by atoms with Gasteiger partial charge in [0.25, 0.3) is 11.5 Å². The van der Waals surface area contributed by atoms with E-state index in [0.29, 0.717) is 41.3 Å². The monoisotopic (exact) mass is 376 g/mol. The minimum absolute atomic E-state index is 0.330. The summed E-state index contributed by atoms with van der Waals surface area (Å²) in [6, 6.07) is 6.32. The molecule has 0 saturated carbocycles. The molecule has 1 aromatic carbocycles. The standard InChI is InChI=1S/C19H21ClN2O4/c1-3-15-12(2)21(17(23)13-7-9-14(20)10-8-13)19(25)22(18(15)24)16-6-4-5-11-26-16/h7-10,16H,3-6,11H2,1-2H3. The Balaban J connectivity index is 2.21. The lowest BCUT2D eigenvalue weighted by Crippen LogP contribution is -2.48. The zero-order valence-electron chi connectivity index (χ0n) is 14.8. The van der Waals surface area contributed by atoms with Gasteiger partial charge in [-0.3, -0.25) is 9.59 Å². The molecule has 0 radical (unpaired) electrons. The Morgan fingerprint density at radius 2 is 1.92 bits per heavy atom. The second-order valence-corrected chi connectivity index (χ2v) is 6.78. The van der Waals surface area contributed by atoms with Gasteiger partial charge < -0.3 is 4.74 Å². The number of aromatic nitrogens is 2. The molecule has 0 N–H and O–H groups in total. The van der Waals surface area contributed by atoms with Gasteiger partial charge in [-0.15, -0.1) is 0 Å². The SMILES string of the molecule is CCc1c(C)n(C(=O)c2ccc(Cl)cc2)c(=O)n(C2CCCCO2)c1=O. The van der Waals surface area contributed by atoms with Crippen molar-refractivity contribution in [1.82, 2.24) is 9.13 Å². The second-order valence-electron chi connectivity index (χ2n) is 6.34. The summed E-state index contributed by atoms with van der Waals surface area (Å²) in [7, 11) is 0. The highest BCUT2D eigenvalue weighted by atomic mass is 35.5. The second kappa shape index (κ2) is 7.60. The Hall–Kier alpha value is -2.18. The normalized spacial score (nSPS) is 17.3. The van der Waals surface area contributed by atoms with E-state index in [4.69, 9.17) is 16.3 Å². The summed E-state index contributed by atoms with van der Waals surface area (Å²) < 4.78 is 7.81. The van der Waals surface area contributed by atoms with E-state index in [9.17, 15) is 14.4 Å². The fourth-order valence-electron chi connectivity index (χ4n) is 3.32. The van der Waals surface area contributed by atoms with Crippen LogP contribution in [0.25, 0.3) is 0 Å². The first-order chi connectivity index (χ1) is 12.5. The van der Waals surface area contributed by atoms with Gasteiger partial charge in [-0.1, -0.05) is 18.5 Å². The van der Waals surface area contributed by atoms with Crippen LogP contribution in [0.2, 0.25) is 5.02 Å². The molecule has 1 aliphatic rings. The molecule has 0 spiro atoms. The van der Waals surface area contributed by atoms with Gasteiger partial charge in [-0.05, 0) is 56.9 Å². The van der Waals surface area contributed by atoms with Crippen molar-refractivity contribution < 1.29 is 9.53 Å². The van der Waals surface area contributed by atoms with Gasteiger partial charge in [0.1, 0.15) is 6.23 Å². The molecule has 2 heterocycles. The van der Waals surface area contributed by atoms with Crippen LogP contribution in [0.3, 0.4) is 0 Å². The zero-order chi connectivity index (χ0) is 18.8. The highest BCUT2D eigenvalue weighted by Crippen LogP contribution is 2.20. The summed E-state index contributed by atoms with van der Waals surface area (Å²) in [4.78, 5) is 38.9. The Bertz CT molecular complexity index is 938. The average Bonchev–Trinajstić information content (AvgIpc) is 2.63. The van der Waals surface area contributed by atoms with E-state index in [1.54, 1.807) is 31.2 Å². The van der Waals surface area contributed by atoms with Crippen molar-refractivity contribution in [2.45, 2.75) is 45.8 Å². The highest BCUT2D eigenvalue weighted by Gasteiger charge is 2.26. The van der Waals surface area contributed by atoms with Gasteiger partial charge >= 0.3 is 5.69 Å². The van der Waals surface area contributed by atoms with Gasteiger partial charge in [0.2, 0.25) is 0 Å². The van der Waals surface area contributed by atoms with Crippen molar-refractivity contribution in [2.24, 2.45) is 0 Å². The van der Waals surface area contributed by atoms with Gasteiger partial charge in [0.05, 0.1) is 0 Å². The predicted octanol–water partition coefficient (Wildman–Crippen LogP) is 2.92. The Kier molecular flexibility index (Phi) is 5.44. The third kappa shape index (κ3) is 3.27. The van der Waals surface area contributed by atoms with Crippen LogP contribution >= 0.6 is 11.6 Å². The molecule has 1 atom stereocenters. The van der Waals surface area contributed by atoms with Crippen LogP contribution in [0.15, 0.2) is 33.9 Å². The molecule has 1 aliphatic heterocycles. The molecule has 1 aromatic heterocycles. The molecule has 0 bridgehead atoms. The molecule has 26 heavy (non-hydrogen) atoms. The van der Waals surface area contributed by atoms with Crippen LogP contribution in [-0.2, 0) is 11.2 Å². The summed E-state index contributed by atoms with van der Waals surface area (Å²) in [6.07, 6.45) is 2.15. The van der Waals surface area contributed by atoms with Gasteiger partial charge in [0.15, 0.2) is 0 Å². The molecule has 1 saturated heterocycles. The van der Waals surface area contributed by atoms with Crippen molar-refractivity contribution in [3.05, 3.63) is 66.9 Å². The van der Waals surface area contributed by atoms with Crippen molar-refractivity contribution in [3.8, 4) is 0 Å². The van der Waals surface area contributed by atoms with E-state index in [0.717, 1.165) is 22.0 Å². The van der Waals surface area contributed by atoms with E-state index in [2.05, 4.69) is 0 Å². The van der Waals surface area contributed by atoms with Crippen LogP contribution in [0.4, 0.5) is 0 Å². The van der Waals surface area contributed by atoms with E-state index >= 15 is 0 Å². The van der Waals surface area contributed by atoms with Crippen LogP contribution in [0.5, 0.6) is 0 Å². The first kappa shape index (κ1) is 18.6. The minimum atomic E-state index is -0.656. The average molecular weight is 377 g/mol. The molecule has 1 fully saturated rings. The van der Waals surface area contributed by atoms with Gasteiger partial charge in [0, 0.05) is 28.5 Å². The fourth-order valence-corrected chi connectivity index (χ4v) is 3.45. The van der Waals surface area contributed by atoms with Crippen molar-refractivity contribution >= 4 is 17.5 Å². The summed E-state index contributed by atoms with van der Waals surface area (Å²) in [5, 5.41) is 0.500. The fraction of sp³-hybridized carbons (Fsp3) is 0.421. The third-order valence-corrected chi connectivity index (χ3v) is 4.99. The maximum absolute atomic E-state index is 13.1. The highest BCUT2D eigenvalue weighted by molar-refractivity contribution is 6.30. The van der Waals surface area contributed by atoms with Crippen molar-refractivity contribution in [2.75, 3.05) is 6.61 Å². The largest absolute Gasteiger partial charge is 0.358 e. The summed E-state index contributed by atoms with van der Waals surface area (Å²) in [5.41, 5.74) is 0.116. The van der Waals surface area contributed by atoms with Crippen molar-refractivity contribution in [3.63, 3.8) is 0 Å². The van der Waals surface area contributed by atoms with Crippen LogP contribution < -0.4 is 11.2 Å². The van der Waals surface area contributed by atoms with Crippen molar-refractivity contribution in [1.29, 1.82) is 0 Å². The van der Waals surface area contributed by atoms with Crippen LogP contribution in [0, 0.1) is 6.92 Å². The van der Waals surface area contributed by atoms with Crippen LogP contribution in [-0.4, -0.2) is 21.6 Å². The number of hydrogen-bond donors (Lipinski definition) is 0. The molecular formula is C19H21ClN2O4. The lowest BCUT2D eigenvalue weighted by molar-refractivity contribution is -0.0374. The lowest BCUT2D eigenvalue weighted by Gasteiger charge is -2.25. The number of rotatable bonds is 3. The molecule has 7 heteroatoms. The van der Waals surface area contributed by atoms with E-state index in [-0.39, 0.29) is 5.56 Å². The van der Waals surface area contributed by atoms with Crippen LogP contribution in [0.1, 0.15) is 54.0 Å². The molecule has 138 valence electrons. The Morgan fingerprint density at radius 3 is 2.50 bits per heavy atom. The Morgan fingerprint density at radius 1 is 1.23 bits per heavy atom. The molecule has 0 amide bonds. The smallest absolute Gasteiger partial charge is 0.340 e. The first-order valence-electron chi connectivity index (χ1n) is 8.74. The number of nitrogens with zero attached hydrogens (tertiary/aromatic N) is 2. The van der Waals surface area contributed by atoms with E-state index in [1.807, 2.05) is 6.92 Å². The number of ether oxygens (including phenoxy) is 1. The molecule has 1 unspecified atom stereocenters. The molecule has 3 rings (SSSR count). The maximum atomic E-state index is 13.1. The molecule has 0 aliphatic carbocycles. The van der Waals surface area contributed by atoms with Gasteiger partial charge in [-0.25, -0.2) is 13.9 Å². The topological polar surface area (TPSA) is 70.3 Å². The number of halogens is 1. The number of hydrogen-bond acceptors (Lipinski definition) is 4. The maximum Gasteiger partial charge on any atom is 0.340 e. The van der Waals surface area contributed by atoms with E-state index < -0.39 is 17.8 Å². The molecule has 2 aromatic rings. The third-order valence-electron chi connectivity index (χ3n) is 4.74. The number of benzene rings is 1. The molecular weight excluding hydrogens is 356 g/mol. The quantitative estimate of drug-likeness (QED) is 0.825. The summed E-state index contributed by atoms with van der Waals surface area (Å²) in [6.45, 7) is 3.95. The van der Waals surface area contributed by atoms with E-state index in [1.165, 1.54) is 0 Å². The predicted molar refractivity (Wildman–Crippen MR) is 99.1 cm³/mol. The Labute approximate surface area is 156 Å². The summed E-state index contributed by atoms with van der Waals surface area (Å²) >= 11 is 5.88.